The van der Waals surface area contributed by atoms with Gasteiger partial charge in [0.05, 0.1) is 0 Å². The molecule has 4 heteroatoms. The number of nitrogen functional groups attached to an aromatic ring is 1. The highest BCUT2D eigenvalue weighted by Crippen LogP contribution is 2.29. The third-order valence-corrected chi connectivity index (χ3v) is 2.05. The first-order valence-electron chi connectivity index (χ1n) is 4.61. The van der Waals surface area contributed by atoms with E-state index in [1.165, 1.54) is 6.07 Å². The normalized spacial score (nSPS) is 12.5. The van der Waals surface area contributed by atoms with Crippen molar-refractivity contribution < 1.29 is 8.78 Å². The molecule has 0 bridgehead atoms. The first kappa shape index (κ1) is 11.5. The Morgan fingerprint density at radius 1 is 1.47 bits per heavy atom. The SMILES string of the molecule is C=CC(C)Nc1ccc(N)cc1C(F)F. The number of hydrogen-bond acceptors (Lipinski definition) is 2. The minimum atomic E-state index is -2.53. The van der Waals surface area contributed by atoms with Crippen LogP contribution < -0.4 is 11.1 Å². The Bertz CT molecular complexity index is 350. The fourth-order valence-corrected chi connectivity index (χ4v) is 1.20. The van der Waals surface area contributed by atoms with Gasteiger partial charge in [-0.1, -0.05) is 6.08 Å². The maximum atomic E-state index is 12.6. The van der Waals surface area contributed by atoms with E-state index >= 15 is 0 Å². The topological polar surface area (TPSA) is 38.0 Å². The molecule has 1 rings (SSSR count). The van der Waals surface area contributed by atoms with E-state index in [2.05, 4.69) is 11.9 Å². The van der Waals surface area contributed by atoms with Gasteiger partial charge in [-0.05, 0) is 25.1 Å². The summed E-state index contributed by atoms with van der Waals surface area (Å²) in [5, 5.41) is 2.92. The van der Waals surface area contributed by atoms with Crippen LogP contribution in [0.4, 0.5) is 20.2 Å². The van der Waals surface area contributed by atoms with Gasteiger partial charge in [-0.25, -0.2) is 8.78 Å². The number of nitrogens with two attached hydrogens (primary N) is 1. The summed E-state index contributed by atoms with van der Waals surface area (Å²) in [4.78, 5) is 0. The highest BCUT2D eigenvalue weighted by atomic mass is 19.3. The summed E-state index contributed by atoms with van der Waals surface area (Å²) in [6.45, 7) is 5.41. The Morgan fingerprint density at radius 2 is 2.13 bits per heavy atom. The predicted octanol–water partition coefficient (Wildman–Crippen LogP) is 3.19. The number of alkyl halides is 2. The highest BCUT2D eigenvalue weighted by Gasteiger charge is 2.13. The van der Waals surface area contributed by atoms with Crippen molar-refractivity contribution in [1.29, 1.82) is 0 Å². The van der Waals surface area contributed by atoms with E-state index in [-0.39, 0.29) is 11.6 Å². The van der Waals surface area contributed by atoms with Crippen molar-refractivity contribution in [2.45, 2.75) is 19.4 Å². The first-order chi connectivity index (χ1) is 7.04. The summed E-state index contributed by atoms with van der Waals surface area (Å²) < 4.78 is 25.3. The summed E-state index contributed by atoms with van der Waals surface area (Å²) in [5.74, 6) is 0. The van der Waals surface area contributed by atoms with E-state index in [0.29, 0.717) is 11.4 Å². The van der Waals surface area contributed by atoms with Crippen LogP contribution in [-0.2, 0) is 0 Å². The molecule has 3 N–H and O–H groups in total. The quantitative estimate of drug-likeness (QED) is 0.594. The third-order valence-electron chi connectivity index (χ3n) is 2.05. The fourth-order valence-electron chi connectivity index (χ4n) is 1.20. The zero-order valence-corrected chi connectivity index (χ0v) is 8.50. The molecule has 1 aromatic rings. The lowest BCUT2D eigenvalue weighted by molar-refractivity contribution is 0.152. The van der Waals surface area contributed by atoms with Crippen LogP contribution in [0.15, 0.2) is 30.9 Å². The van der Waals surface area contributed by atoms with E-state index in [9.17, 15) is 8.78 Å². The molecule has 0 radical (unpaired) electrons. The molecule has 0 aliphatic carbocycles. The van der Waals surface area contributed by atoms with Crippen LogP contribution in [0.3, 0.4) is 0 Å². The van der Waals surface area contributed by atoms with Crippen molar-refractivity contribution in [2.24, 2.45) is 0 Å². The number of hydrogen-bond donors (Lipinski definition) is 2. The summed E-state index contributed by atoms with van der Waals surface area (Å²) >= 11 is 0. The minimum Gasteiger partial charge on any atom is -0.399 e. The standard InChI is InChI=1S/C11H14F2N2/c1-3-7(2)15-10-5-4-8(14)6-9(10)11(12)13/h3-7,11,15H,1,14H2,2H3. The van der Waals surface area contributed by atoms with Crippen LogP contribution in [-0.4, -0.2) is 6.04 Å². The maximum Gasteiger partial charge on any atom is 0.265 e. The van der Waals surface area contributed by atoms with Crippen molar-refractivity contribution in [3.05, 3.63) is 36.4 Å². The fraction of sp³-hybridized carbons (Fsp3) is 0.273. The molecule has 82 valence electrons. The smallest absolute Gasteiger partial charge is 0.265 e. The average Bonchev–Trinajstić information content (AvgIpc) is 2.20. The molecule has 1 aromatic carbocycles. The van der Waals surface area contributed by atoms with Crippen LogP contribution in [0.2, 0.25) is 0 Å². The number of rotatable bonds is 4. The van der Waals surface area contributed by atoms with Gasteiger partial charge in [0.1, 0.15) is 0 Å². The Balaban J connectivity index is 3.00. The number of benzene rings is 1. The Hall–Kier alpha value is -1.58. The Kier molecular flexibility index (Phi) is 3.66. The van der Waals surface area contributed by atoms with E-state index < -0.39 is 6.43 Å². The molecule has 1 unspecified atom stereocenters. The molecule has 0 aromatic heterocycles. The van der Waals surface area contributed by atoms with Crippen molar-refractivity contribution in [3.8, 4) is 0 Å². The van der Waals surface area contributed by atoms with Gasteiger partial charge < -0.3 is 11.1 Å². The lowest BCUT2D eigenvalue weighted by atomic mass is 10.1. The van der Waals surface area contributed by atoms with Gasteiger partial charge in [0.2, 0.25) is 0 Å². The molecule has 15 heavy (non-hydrogen) atoms. The average molecular weight is 212 g/mol. The van der Waals surface area contributed by atoms with Crippen molar-refractivity contribution in [3.63, 3.8) is 0 Å². The summed E-state index contributed by atoms with van der Waals surface area (Å²) in [7, 11) is 0. The van der Waals surface area contributed by atoms with Crippen LogP contribution in [0.1, 0.15) is 18.9 Å². The predicted molar refractivity (Wildman–Crippen MR) is 59.1 cm³/mol. The Morgan fingerprint density at radius 3 is 2.67 bits per heavy atom. The molecule has 0 amide bonds. The van der Waals surface area contributed by atoms with Crippen molar-refractivity contribution in [1.82, 2.24) is 0 Å². The Labute approximate surface area is 87.8 Å². The first-order valence-corrected chi connectivity index (χ1v) is 4.61. The number of anilines is 2. The minimum absolute atomic E-state index is 0.0638. The molecule has 0 aliphatic heterocycles. The molecule has 0 aliphatic rings. The second-order valence-electron chi connectivity index (χ2n) is 3.32. The highest BCUT2D eigenvalue weighted by molar-refractivity contribution is 5.59. The molecule has 0 saturated heterocycles. The van der Waals surface area contributed by atoms with Gasteiger partial charge in [-0.3, -0.25) is 0 Å². The monoisotopic (exact) mass is 212 g/mol. The van der Waals surface area contributed by atoms with Gasteiger partial charge in [0.25, 0.3) is 6.43 Å². The molecule has 0 heterocycles. The molecular weight excluding hydrogens is 198 g/mol. The summed E-state index contributed by atoms with van der Waals surface area (Å²) in [5.41, 5.74) is 6.10. The second kappa shape index (κ2) is 4.77. The van der Waals surface area contributed by atoms with Gasteiger partial charge >= 0.3 is 0 Å². The van der Waals surface area contributed by atoms with E-state index in [4.69, 9.17) is 5.73 Å². The number of halogens is 2. The van der Waals surface area contributed by atoms with E-state index in [1.54, 1.807) is 18.2 Å². The second-order valence-corrected chi connectivity index (χ2v) is 3.32. The summed E-state index contributed by atoms with van der Waals surface area (Å²) in [6, 6.07) is 4.36. The van der Waals surface area contributed by atoms with Crippen molar-refractivity contribution in [2.75, 3.05) is 11.1 Å². The van der Waals surface area contributed by atoms with Crippen LogP contribution in [0.5, 0.6) is 0 Å². The zero-order valence-electron chi connectivity index (χ0n) is 8.50. The molecule has 0 spiro atoms. The largest absolute Gasteiger partial charge is 0.399 e. The van der Waals surface area contributed by atoms with E-state index in [1.807, 2.05) is 6.92 Å². The van der Waals surface area contributed by atoms with Crippen molar-refractivity contribution >= 4 is 11.4 Å². The molecule has 1 atom stereocenters. The molecular formula is C11H14F2N2. The molecule has 2 nitrogen and oxygen atoms in total. The molecule has 0 fully saturated rings. The lowest BCUT2D eigenvalue weighted by Gasteiger charge is -2.15. The van der Waals surface area contributed by atoms with Crippen LogP contribution in [0, 0.1) is 0 Å². The third kappa shape index (κ3) is 2.94. The van der Waals surface area contributed by atoms with Gasteiger partial charge in [-0.2, -0.15) is 0 Å². The van der Waals surface area contributed by atoms with Gasteiger partial charge in [-0.15, -0.1) is 6.58 Å². The van der Waals surface area contributed by atoms with Crippen LogP contribution >= 0.6 is 0 Å². The lowest BCUT2D eigenvalue weighted by Crippen LogP contribution is -2.13. The van der Waals surface area contributed by atoms with Crippen LogP contribution in [0.25, 0.3) is 0 Å². The van der Waals surface area contributed by atoms with Gasteiger partial charge in [0, 0.05) is 23.0 Å². The number of nitrogens with one attached hydrogen (secondary N) is 1. The van der Waals surface area contributed by atoms with Gasteiger partial charge in [0.15, 0.2) is 0 Å². The summed E-state index contributed by atoms with van der Waals surface area (Å²) in [6.07, 6.45) is -0.890. The molecule has 0 saturated carbocycles. The van der Waals surface area contributed by atoms with E-state index in [0.717, 1.165) is 0 Å². The maximum absolute atomic E-state index is 12.6. The zero-order chi connectivity index (χ0) is 11.4.